The topological polar surface area (TPSA) is 60.0 Å². The van der Waals surface area contributed by atoms with Crippen LogP contribution in [0.1, 0.15) is 22.3 Å². The molecule has 0 heterocycles. The fourth-order valence-corrected chi connectivity index (χ4v) is 5.23. The van der Waals surface area contributed by atoms with Crippen LogP contribution in [0, 0.1) is 22.7 Å². The molecule has 6 aromatic rings. The molecule has 4 heteroatoms. The Bertz CT molecular complexity index is 1980. The lowest BCUT2D eigenvalue weighted by Crippen LogP contribution is -2.09. The highest BCUT2D eigenvalue weighted by Gasteiger charge is 2.14. The monoisotopic (exact) mass is 527 g/mol. The van der Waals surface area contributed by atoms with Crippen molar-refractivity contribution in [3.05, 3.63) is 144 Å². The van der Waals surface area contributed by atoms with Crippen molar-refractivity contribution in [1.29, 1.82) is 10.5 Å². The van der Waals surface area contributed by atoms with Gasteiger partial charge in [0, 0.05) is 27.8 Å². The van der Waals surface area contributed by atoms with Crippen LogP contribution >= 0.6 is 0 Å². The fraction of sp³-hybridized carbons (Fsp3) is 0.0270. The molecule has 0 fully saturated rings. The van der Waals surface area contributed by atoms with Gasteiger partial charge < -0.3 is 9.64 Å². The molecule has 0 aliphatic carbocycles. The number of rotatable bonds is 6. The molecule has 0 aliphatic heterocycles. The van der Waals surface area contributed by atoms with E-state index in [2.05, 4.69) is 71.6 Å². The van der Waals surface area contributed by atoms with E-state index in [1.165, 1.54) is 0 Å². The summed E-state index contributed by atoms with van der Waals surface area (Å²) in [5.41, 5.74) is 5.99. The fourth-order valence-electron chi connectivity index (χ4n) is 5.23. The first-order valence-electron chi connectivity index (χ1n) is 13.3. The summed E-state index contributed by atoms with van der Waals surface area (Å²) in [6, 6.07) is 45.1. The third kappa shape index (κ3) is 4.87. The largest absolute Gasteiger partial charge is 0.497 e. The molecule has 0 N–H and O–H groups in total. The van der Waals surface area contributed by atoms with Gasteiger partial charge in [-0.25, -0.2) is 0 Å². The van der Waals surface area contributed by atoms with Crippen molar-refractivity contribution in [2.75, 3.05) is 12.0 Å². The second-order valence-corrected chi connectivity index (χ2v) is 9.62. The quantitative estimate of drug-likeness (QED) is 0.160. The van der Waals surface area contributed by atoms with Crippen molar-refractivity contribution in [1.82, 2.24) is 0 Å². The van der Waals surface area contributed by atoms with Crippen molar-refractivity contribution >= 4 is 50.8 Å². The van der Waals surface area contributed by atoms with Crippen LogP contribution in [-0.4, -0.2) is 7.11 Å². The van der Waals surface area contributed by atoms with Crippen LogP contribution < -0.4 is 9.64 Å². The Morgan fingerprint density at radius 1 is 0.537 bits per heavy atom. The zero-order valence-corrected chi connectivity index (χ0v) is 22.5. The molecular weight excluding hydrogens is 502 g/mol. The van der Waals surface area contributed by atoms with Gasteiger partial charge in [-0.15, -0.1) is 0 Å². The summed E-state index contributed by atoms with van der Waals surface area (Å²) >= 11 is 0. The molecule has 0 aliphatic rings. The minimum atomic E-state index is 0.417. The Hall–Kier alpha value is -5.84. The SMILES string of the molecule is COc1ccc(N(c2ccccc2)c2ccc(C=Cc3ccc4c(c3)c(C#N)c(C#N)c3ccccc34)cc2)cc1. The van der Waals surface area contributed by atoms with E-state index in [-0.39, 0.29) is 0 Å². The van der Waals surface area contributed by atoms with E-state index in [0.29, 0.717) is 11.1 Å². The van der Waals surface area contributed by atoms with E-state index in [1.807, 2.05) is 78.9 Å². The molecule has 0 spiro atoms. The number of fused-ring (bicyclic) bond motifs is 3. The molecule has 6 aromatic carbocycles. The van der Waals surface area contributed by atoms with Crippen molar-refractivity contribution < 1.29 is 4.74 Å². The Morgan fingerprint density at radius 2 is 1.05 bits per heavy atom. The average molecular weight is 528 g/mol. The third-order valence-corrected chi connectivity index (χ3v) is 7.24. The van der Waals surface area contributed by atoms with E-state index >= 15 is 0 Å². The summed E-state index contributed by atoms with van der Waals surface area (Å²) < 4.78 is 5.35. The molecular formula is C37H25N3O. The zero-order chi connectivity index (χ0) is 28.2. The number of hydrogen-bond acceptors (Lipinski definition) is 4. The van der Waals surface area contributed by atoms with E-state index in [1.54, 1.807) is 7.11 Å². The van der Waals surface area contributed by atoms with E-state index in [4.69, 9.17) is 4.74 Å². The smallest absolute Gasteiger partial charge is 0.119 e. The summed E-state index contributed by atoms with van der Waals surface area (Å²) in [5, 5.41) is 23.3. The number of para-hydroxylation sites is 1. The average Bonchev–Trinajstić information content (AvgIpc) is 3.04. The molecule has 0 radical (unpaired) electrons. The minimum absolute atomic E-state index is 0.417. The molecule has 194 valence electrons. The van der Waals surface area contributed by atoms with Gasteiger partial charge in [-0.1, -0.05) is 78.9 Å². The molecule has 0 saturated heterocycles. The van der Waals surface area contributed by atoms with Gasteiger partial charge >= 0.3 is 0 Å². The normalized spacial score (nSPS) is 10.9. The van der Waals surface area contributed by atoms with Gasteiger partial charge in [0.15, 0.2) is 0 Å². The first-order chi connectivity index (χ1) is 20.2. The molecule has 0 aromatic heterocycles. The summed E-state index contributed by atoms with van der Waals surface area (Å²) in [6.45, 7) is 0. The lowest BCUT2D eigenvalue weighted by molar-refractivity contribution is 0.415. The second kappa shape index (κ2) is 11.1. The van der Waals surface area contributed by atoms with Crippen molar-refractivity contribution in [2.45, 2.75) is 0 Å². The number of benzene rings is 6. The Morgan fingerprint density at radius 3 is 1.71 bits per heavy atom. The van der Waals surface area contributed by atoms with Crippen LogP contribution in [0.3, 0.4) is 0 Å². The van der Waals surface area contributed by atoms with E-state index in [0.717, 1.165) is 55.5 Å². The molecule has 0 unspecified atom stereocenters. The highest BCUT2D eigenvalue weighted by molar-refractivity contribution is 6.13. The van der Waals surface area contributed by atoms with Crippen LogP contribution in [0.4, 0.5) is 17.1 Å². The predicted octanol–water partition coefficient (Wildman–Crippen LogP) is 9.39. The number of anilines is 3. The molecule has 0 amide bonds. The summed E-state index contributed by atoms with van der Waals surface area (Å²) in [5.74, 6) is 0.815. The summed E-state index contributed by atoms with van der Waals surface area (Å²) in [4.78, 5) is 2.21. The van der Waals surface area contributed by atoms with Crippen LogP contribution in [0.25, 0.3) is 33.7 Å². The summed E-state index contributed by atoms with van der Waals surface area (Å²) in [6.07, 6.45) is 4.10. The third-order valence-electron chi connectivity index (χ3n) is 7.24. The lowest BCUT2D eigenvalue weighted by Gasteiger charge is -2.25. The van der Waals surface area contributed by atoms with Gasteiger partial charge in [-0.3, -0.25) is 0 Å². The van der Waals surface area contributed by atoms with Crippen molar-refractivity contribution in [2.24, 2.45) is 0 Å². The van der Waals surface area contributed by atoms with Gasteiger partial charge in [0.1, 0.15) is 17.9 Å². The maximum atomic E-state index is 9.94. The zero-order valence-electron chi connectivity index (χ0n) is 22.5. The number of hydrogen-bond donors (Lipinski definition) is 0. The van der Waals surface area contributed by atoms with Crippen LogP contribution in [0.2, 0.25) is 0 Å². The van der Waals surface area contributed by atoms with E-state index in [9.17, 15) is 10.5 Å². The molecule has 0 saturated carbocycles. The molecule has 0 bridgehead atoms. The van der Waals surface area contributed by atoms with Crippen LogP contribution in [0.5, 0.6) is 5.75 Å². The standard InChI is InChI=1S/C37H25N3O/c1-41-31-20-18-30(19-21-31)40(28-7-3-2-4-8-28)29-16-13-26(14-17-29)11-12-27-15-22-34-32-9-5-6-10-33(32)36(24-38)37(25-39)35(34)23-27/h2-23H,1H3. The first-order valence-corrected chi connectivity index (χ1v) is 13.3. The van der Waals surface area contributed by atoms with Gasteiger partial charge in [-0.2, -0.15) is 10.5 Å². The maximum Gasteiger partial charge on any atom is 0.119 e. The van der Waals surface area contributed by atoms with Gasteiger partial charge in [-0.05, 0) is 76.5 Å². The molecule has 6 rings (SSSR count). The molecule has 4 nitrogen and oxygen atoms in total. The van der Waals surface area contributed by atoms with Crippen LogP contribution in [-0.2, 0) is 0 Å². The van der Waals surface area contributed by atoms with Crippen molar-refractivity contribution in [3.63, 3.8) is 0 Å². The maximum absolute atomic E-state index is 9.94. The lowest BCUT2D eigenvalue weighted by atomic mass is 9.91. The molecule has 41 heavy (non-hydrogen) atoms. The summed E-state index contributed by atoms with van der Waals surface area (Å²) in [7, 11) is 1.67. The van der Waals surface area contributed by atoms with Crippen LogP contribution in [0.15, 0.2) is 121 Å². The van der Waals surface area contributed by atoms with Gasteiger partial charge in [0.05, 0.1) is 18.2 Å². The predicted molar refractivity (Wildman–Crippen MR) is 167 cm³/mol. The highest BCUT2D eigenvalue weighted by Crippen LogP contribution is 2.36. The van der Waals surface area contributed by atoms with Gasteiger partial charge in [0.25, 0.3) is 0 Å². The Balaban J connectivity index is 1.34. The number of nitriles is 2. The first kappa shape index (κ1) is 25.4. The van der Waals surface area contributed by atoms with Crippen molar-refractivity contribution in [3.8, 4) is 17.9 Å². The number of methoxy groups -OCH3 is 1. The van der Waals surface area contributed by atoms with Gasteiger partial charge in [0.2, 0.25) is 0 Å². The Labute approximate surface area is 239 Å². The number of ether oxygens (including phenoxy) is 1. The Kier molecular flexibility index (Phi) is 6.89. The second-order valence-electron chi connectivity index (χ2n) is 9.62. The number of nitrogens with zero attached hydrogens (tertiary/aromatic N) is 3. The highest BCUT2D eigenvalue weighted by atomic mass is 16.5. The minimum Gasteiger partial charge on any atom is -0.497 e. The molecule has 0 atom stereocenters. The van der Waals surface area contributed by atoms with E-state index < -0.39 is 0 Å².